The zero-order valence-corrected chi connectivity index (χ0v) is 13.7. The minimum Gasteiger partial charge on any atom is -0.483 e. The van der Waals surface area contributed by atoms with Crippen molar-refractivity contribution < 1.29 is 4.74 Å². The number of benzene rings is 1. The molecule has 106 valence electrons. The fourth-order valence-corrected chi connectivity index (χ4v) is 3.56. The van der Waals surface area contributed by atoms with Crippen LogP contribution >= 0.6 is 27.3 Å². The van der Waals surface area contributed by atoms with Crippen LogP contribution in [0.2, 0.25) is 0 Å². The molecule has 1 N–H and O–H groups in total. The number of rotatable bonds is 4. The molecular weight excluding hydrogens is 336 g/mol. The molecule has 2 aromatic rings. The van der Waals surface area contributed by atoms with Gasteiger partial charge in [-0.2, -0.15) is 0 Å². The fraction of sp³-hybridized carbons (Fsp3) is 0.400. The molecule has 2 heterocycles. The highest BCUT2D eigenvalue weighted by Crippen LogP contribution is 2.42. The molecule has 3 rings (SSSR count). The average Bonchev–Trinajstić information content (AvgIpc) is 2.99. The van der Waals surface area contributed by atoms with Gasteiger partial charge in [-0.05, 0) is 31.2 Å². The average molecular weight is 353 g/mol. The Bertz CT molecular complexity index is 573. The van der Waals surface area contributed by atoms with E-state index in [4.69, 9.17) is 4.74 Å². The van der Waals surface area contributed by atoms with Gasteiger partial charge in [0.05, 0.1) is 0 Å². The number of hydrogen-bond donors (Lipinski definition) is 1. The lowest BCUT2D eigenvalue weighted by Gasteiger charge is -2.32. The van der Waals surface area contributed by atoms with Crippen LogP contribution in [0.15, 0.2) is 34.2 Å². The van der Waals surface area contributed by atoms with Gasteiger partial charge in [0.1, 0.15) is 10.8 Å². The first kappa shape index (κ1) is 14.0. The molecule has 1 aromatic heterocycles. The van der Waals surface area contributed by atoms with E-state index in [1.165, 1.54) is 5.56 Å². The zero-order chi connectivity index (χ0) is 13.9. The van der Waals surface area contributed by atoms with Gasteiger partial charge in [-0.3, -0.25) is 0 Å². The van der Waals surface area contributed by atoms with Gasteiger partial charge >= 0.3 is 0 Å². The number of thiazole rings is 1. The number of nitrogens with zero attached hydrogens (tertiary/aromatic N) is 1. The minimum absolute atomic E-state index is 0.0537. The minimum atomic E-state index is 0.0537. The zero-order valence-electron chi connectivity index (χ0n) is 11.3. The summed E-state index contributed by atoms with van der Waals surface area (Å²) in [6.45, 7) is 3.20. The van der Waals surface area contributed by atoms with Crippen LogP contribution in [0.4, 0.5) is 0 Å². The molecule has 0 aliphatic carbocycles. The third-order valence-electron chi connectivity index (χ3n) is 3.43. The van der Waals surface area contributed by atoms with E-state index < -0.39 is 0 Å². The second kappa shape index (κ2) is 6.24. The third kappa shape index (κ3) is 2.90. The highest BCUT2D eigenvalue weighted by molar-refractivity contribution is 9.10. The molecule has 1 aliphatic heterocycles. The number of halogens is 1. The molecule has 2 atom stereocenters. The van der Waals surface area contributed by atoms with E-state index in [9.17, 15) is 0 Å². The summed E-state index contributed by atoms with van der Waals surface area (Å²) in [5.41, 5.74) is 1.24. The topological polar surface area (TPSA) is 34.2 Å². The van der Waals surface area contributed by atoms with Gasteiger partial charge in [0, 0.05) is 34.1 Å². The molecule has 0 amide bonds. The van der Waals surface area contributed by atoms with Crippen LogP contribution in [-0.4, -0.2) is 11.5 Å². The van der Waals surface area contributed by atoms with Gasteiger partial charge in [-0.1, -0.05) is 22.9 Å². The van der Waals surface area contributed by atoms with E-state index in [0.29, 0.717) is 6.04 Å². The molecule has 1 aromatic carbocycles. The van der Waals surface area contributed by atoms with Crippen LogP contribution in [-0.2, 0) is 0 Å². The van der Waals surface area contributed by atoms with E-state index in [-0.39, 0.29) is 6.10 Å². The molecular formula is C15H17BrN2OS. The van der Waals surface area contributed by atoms with Crippen molar-refractivity contribution in [2.45, 2.75) is 31.9 Å². The highest BCUT2D eigenvalue weighted by atomic mass is 79.9. The van der Waals surface area contributed by atoms with E-state index in [1.54, 1.807) is 11.3 Å². The Morgan fingerprint density at radius 1 is 1.50 bits per heavy atom. The van der Waals surface area contributed by atoms with Gasteiger partial charge in [-0.25, -0.2) is 4.98 Å². The first-order valence-corrected chi connectivity index (χ1v) is 8.54. The van der Waals surface area contributed by atoms with Gasteiger partial charge in [-0.15, -0.1) is 11.3 Å². The molecule has 0 radical (unpaired) electrons. The van der Waals surface area contributed by atoms with Crippen molar-refractivity contribution in [1.29, 1.82) is 0 Å². The first-order valence-electron chi connectivity index (χ1n) is 6.86. The number of ether oxygens (including phenoxy) is 1. The monoisotopic (exact) mass is 352 g/mol. The van der Waals surface area contributed by atoms with Gasteiger partial charge in [0.2, 0.25) is 0 Å². The predicted molar refractivity (Wildman–Crippen MR) is 85.3 cm³/mol. The normalized spacial score (nSPS) is 21.3. The van der Waals surface area contributed by atoms with Crippen LogP contribution in [0.25, 0.3) is 0 Å². The van der Waals surface area contributed by atoms with Gasteiger partial charge < -0.3 is 10.1 Å². The largest absolute Gasteiger partial charge is 0.483 e. The summed E-state index contributed by atoms with van der Waals surface area (Å²) < 4.78 is 7.22. The summed E-state index contributed by atoms with van der Waals surface area (Å²) in [5, 5.41) is 6.68. The maximum absolute atomic E-state index is 6.13. The number of aromatic nitrogens is 1. The van der Waals surface area contributed by atoms with Crippen molar-refractivity contribution in [2.75, 3.05) is 6.54 Å². The number of hydrogen-bond acceptors (Lipinski definition) is 4. The summed E-state index contributed by atoms with van der Waals surface area (Å²) in [6, 6.07) is 6.55. The number of nitrogens with one attached hydrogen (secondary N) is 1. The first-order chi connectivity index (χ1) is 9.78. The Morgan fingerprint density at radius 2 is 2.40 bits per heavy atom. The quantitative estimate of drug-likeness (QED) is 0.881. The fourth-order valence-electron chi connectivity index (χ4n) is 2.50. The van der Waals surface area contributed by atoms with E-state index in [1.807, 2.05) is 23.7 Å². The molecule has 0 fully saturated rings. The summed E-state index contributed by atoms with van der Waals surface area (Å²) in [6.07, 6.45) is 3.95. The predicted octanol–water partition coefficient (Wildman–Crippen LogP) is 4.47. The molecule has 2 unspecified atom stereocenters. The van der Waals surface area contributed by atoms with Crippen molar-refractivity contribution >= 4 is 27.3 Å². The molecule has 1 aliphatic rings. The summed E-state index contributed by atoms with van der Waals surface area (Å²) >= 11 is 5.21. The maximum Gasteiger partial charge on any atom is 0.152 e. The van der Waals surface area contributed by atoms with Crippen LogP contribution in [0, 0.1) is 0 Å². The molecule has 0 spiro atoms. The smallest absolute Gasteiger partial charge is 0.152 e. The van der Waals surface area contributed by atoms with Crippen LogP contribution < -0.4 is 10.1 Å². The second-order valence-corrected chi connectivity index (χ2v) is 6.74. The molecule has 0 saturated carbocycles. The van der Waals surface area contributed by atoms with Crippen LogP contribution in [0.5, 0.6) is 5.75 Å². The third-order valence-corrected chi connectivity index (χ3v) is 4.79. The molecule has 3 nitrogen and oxygen atoms in total. The van der Waals surface area contributed by atoms with Crippen molar-refractivity contribution in [2.24, 2.45) is 0 Å². The summed E-state index contributed by atoms with van der Waals surface area (Å²) in [7, 11) is 0. The van der Waals surface area contributed by atoms with Crippen molar-refractivity contribution in [1.82, 2.24) is 10.3 Å². The maximum atomic E-state index is 6.13. The number of fused-ring (bicyclic) bond motifs is 1. The van der Waals surface area contributed by atoms with Crippen molar-refractivity contribution in [3.05, 3.63) is 44.8 Å². The molecule has 5 heteroatoms. The van der Waals surface area contributed by atoms with Crippen LogP contribution in [0.1, 0.15) is 42.5 Å². The summed E-state index contributed by atoms with van der Waals surface area (Å²) in [5.74, 6) is 0.966. The second-order valence-electron chi connectivity index (χ2n) is 4.90. The van der Waals surface area contributed by atoms with E-state index in [2.05, 4.69) is 39.2 Å². The molecule has 0 bridgehead atoms. The lowest BCUT2D eigenvalue weighted by molar-refractivity contribution is 0.151. The van der Waals surface area contributed by atoms with Crippen molar-refractivity contribution in [3.63, 3.8) is 0 Å². The van der Waals surface area contributed by atoms with E-state index in [0.717, 1.165) is 34.6 Å². The standard InChI is InChI=1S/C15H17BrN2OS/c1-2-5-17-12-9-14(15-18-6-7-20-15)19-13-4-3-10(16)8-11(12)13/h3-4,6-8,12,14,17H,2,5,9H2,1H3. The van der Waals surface area contributed by atoms with E-state index >= 15 is 0 Å². The Kier molecular flexibility index (Phi) is 4.38. The van der Waals surface area contributed by atoms with Crippen molar-refractivity contribution in [3.8, 4) is 5.75 Å². The lowest BCUT2D eigenvalue weighted by atomic mass is 9.96. The lowest BCUT2D eigenvalue weighted by Crippen LogP contribution is -2.29. The molecule has 20 heavy (non-hydrogen) atoms. The Balaban J connectivity index is 1.90. The van der Waals surface area contributed by atoms with Gasteiger partial charge in [0.25, 0.3) is 0 Å². The van der Waals surface area contributed by atoms with Gasteiger partial charge in [0.15, 0.2) is 6.10 Å². The Hall–Kier alpha value is -0.910. The Labute approximate surface area is 131 Å². The Morgan fingerprint density at radius 3 is 3.15 bits per heavy atom. The van der Waals surface area contributed by atoms with Crippen LogP contribution in [0.3, 0.4) is 0 Å². The highest BCUT2D eigenvalue weighted by Gasteiger charge is 2.30. The SMILES string of the molecule is CCCNC1CC(c2nccs2)Oc2ccc(Br)cc21. The summed E-state index contributed by atoms with van der Waals surface area (Å²) in [4.78, 5) is 4.40. The molecule has 0 saturated heterocycles.